The Morgan fingerprint density at radius 2 is 1.39 bits per heavy atom. The number of hydrogen-bond donors (Lipinski definition) is 0. The van der Waals surface area contributed by atoms with Gasteiger partial charge in [-0.1, -0.05) is 94.8 Å². The zero-order valence-corrected chi connectivity index (χ0v) is 24.2. The molecule has 0 bridgehead atoms. The fourth-order valence-corrected chi connectivity index (χ4v) is 6.54. The van der Waals surface area contributed by atoms with Crippen molar-refractivity contribution in [3.8, 4) is 5.75 Å². The molecule has 4 aromatic carbocycles. The largest absolute Gasteiger partial charge is 0.497 e. The van der Waals surface area contributed by atoms with Gasteiger partial charge in [-0.2, -0.15) is 0 Å². The second-order valence-electron chi connectivity index (χ2n) is 10.6. The van der Waals surface area contributed by atoms with Gasteiger partial charge in [-0.25, -0.2) is 0 Å². The summed E-state index contributed by atoms with van der Waals surface area (Å²) in [5, 5.41) is 0. The average molecular weight is 610 g/mol. The Labute approximate surface area is 247 Å². The lowest BCUT2D eigenvalue weighted by Crippen LogP contribution is -2.49. The molecular weight excluding hydrogens is 580 g/mol. The molecule has 6 nitrogen and oxygen atoms in total. The lowest BCUT2D eigenvalue weighted by Gasteiger charge is -2.33. The summed E-state index contributed by atoms with van der Waals surface area (Å²) in [4.78, 5) is 45.6. The van der Waals surface area contributed by atoms with Gasteiger partial charge in [0.1, 0.15) is 5.75 Å². The first-order valence-corrected chi connectivity index (χ1v) is 14.4. The van der Waals surface area contributed by atoms with Crippen LogP contribution >= 0.6 is 15.9 Å². The lowest BCUT2D eigenvalue weighted by atomic mass is 9.66. The molecule has 0 saturated carbocycles. The van der Waals surface area contributed by atoms with E-state index in [0.717, 1.165) is 32.4 Å². The van der Waals surface area contributed by atoms with Crippen LogP contribution in [0.1, 0.15) is 28.7 Å². The van der Waals surface area contributed by atoms with Crippen molar-refractivity contribution in [2.45, 2.75) is 31.3 Å². The van der Waals surface area contributed by atoms with Gasteiger partial charge in [0.25, 0.3) is 0 Å². The van der Waals surface area contributed by atoms with Gasteiger partial charge in [-0.3, -0.25) is 19.3 Å². The van der Waals surface area contributed by atoms with E-state index in [4.69, 9.17) is 4.74 Å². The van der Waals surface area contributed by atoms with Gasteiger partial charge >= 0.3 is 0 Å². The predicted molar refractivity (Wildman–Crippen MR) is 160 cm³/mol. The molecule has 0 radical (unpaired) electrons. The molecule has 0 unspecified atom stereocenters. The first-order chi connectivity index (χ1) is 19.9. The molecule has 2 aliphatic heterocycles. The van der Waals surface area contributed by atoms with Crippen molar-refractivity contribution in [2.75, 3.05) is 12.0 Å². The van der Waals surface area contributed by atoms with Crippen LogP contribution in [-0.4, -0.2) is 29.7 Å². The summed E-state index contributed by atoms with van der Waals surface area (Å²) in [5.74, 6) is -0.871. The second-order valence-corrected chi connectivity index (χ2v) is 11.5. The summed E-state index contributed by atoms with van der Waals surface area (Å²) >= 11 is 3.59. The van der Waals surface area contributed by atoms with E-state index < -0.39 is 11.3 Å². The van der Waals surface area contributed by atoms with Crippen molar-refractivity contribution in [1.82, 2.24) is 4.90 Å². The third-order valence-corrected chi connectivity index (χ3v) is 8.70. The second kappa shape index (κ2) is 11.0. The summed E-state index contributed by atoms with van der Waals surface area (Å²) in [5.41, 5.74) is 3.05. The van der Waals surface area contributed by atoms with Crippen LogP contribution in [-0.2, 0) is 39.3 Å². The quantitative estimate of drug-likeness (QED) is 0.228. The number of carbonyl (C=O) groups is 3. The Balaban J connectivity index is 1.44. The van der Waals surface area contributed by atoms with E-state index >= 15 is 0 Å². The first-order valence-electron chi connectivity index (χ1n) is 13.6. The standard InChI is InChI=1S/C34H29BrN2O4/c1-41-27-15-12-25(13-16-27)22-37-31(38)19-29(32(37)39)34(20-23-8-4-2-5-9-23)28-17-14-26(35)18-30(28)36(33(34)40)21-24-10-6-3-7-11-24/h2-18,29H,19-22H2,1H3/t29-,34+/m0/s1. The van der Waals surface area contributed by atoms with Crippen LogP contribution in [0.2, 0.25) is 0 Å². The highest BCUT2D eigenvalue weighted by Gasteiger charge is 2.61. The summed E-state index contributed by atoms with van der Waals surface area (Å²) in [6.07, 6.45) is 0.287. The predicted octanol–water partition coefficient (Wildman–Crippen LogP) is 6.06. The molecule has 7 heteroatoms. The van der Waals surface area contributed by atoms with E-state index in [-0.39, 0.29) is 30.7 Å². The van der Waals surface area contributed by atoms with E-state index in [2.05, 4.69) is 15.9 Å². The van der Waals surface area contributed by atoms with Crippen molar-refractivity contribution in [3.63, 3.8) is 0 Å². The fraction of sp³-hybridized carbons (Fsp3) is 0.206. The van der Waals surface area contributed by atoms with E-state index in [1.807, 2.05) is 103 Å². The monoisotopic (exact) mass is 608 g/mol. The maximum Gasteiger partial charge on any atom is 0.239 e. The SMILES string of the molecule is COc1ccc(CN2C(=O)C[C@H]([C@]3(Cc4ccccc4)C(=O)N(Cc4ccccc4)c4cc(Br)ccc43)C2=O)cc1. The Kier molecular flexibility index (Phi) is 7.22. The van der Waals surface area contributed by atoms with Crippen LogP contribution in [0, 0.1) is 5.92 Å². The summed E-state index contributed by atoms with van der Waals surface area (Å²) in [7, 11) is 1.59. The summed E-state index contributed by atoms with van der Waals surface area (Å²) in [6, 6.07) is 32.7. The number of methoxy groups -OCH3 is 1. The highest BCUT2D eigenvalue weighted by atomic mass is 79.9. The number of rotatable bonds is 8. The molecule has 0 N–H and O–H groups in total. The molecule has 2 aliphatic rings. The van der Waals surface area contributed by atoms with Crippen LogP contribution in [0.4, 0.5) is 5.69 Å². The van der Waals surface area contributed by atoms with Gasteiger partial charge in [0, 0.05) is 16.6 Å². The van der Waals surface area contributed by atoms with Crippen LogP contribution in [0.5, 0.6) is 5.75 Å². The van der Waals surface area contributed by atoms with E-state index in [9.17, 15) is 14.4 Å². The van der Waals surface area contributed by atoms with Crippen LogP contribution in [0.25, 0.3) is 0 Å². The maximum atomic E-state index is 14.8. The highest BCUT2D eigenvalue weighted by molar-refractivity contribution is 9.10. The van der Waals surface area contributed by atoms with Gasteiger partial charge in [-0.05, 0) is 52.9 Å². The molecule has 3 amide bonds. The minimum Gasteiger partial charge on any atom is -0.497 e. The Morgan fingerprint density at radius 3 is 2.05 bits per heavy atom. The van der Waals surface area contributed by atoms with Crippen LogP contribution < -0.4 is 9.64 Å². The number of fused-ring (bicyclic) bond motifs is 1. The number of imide groups is 1. The molecule has 2 atom stereocenters. The zero-order chi connectivity index (χ0) is 28.6. The lowest BCUT2D eigenvalue weighted by molar-refractivity contribution is -0.142. The Hall–Kier alpha value is -4.23. The van der Waals surface area contributed by atoms with Gasteiger partial charge in [0.05, 0.1) is 31.5 Å². The van der Waals surface area contributed by atoms with Gasteiger partial charge in [-0.15, -0.1) is 0 Å². The maximum absolute atomic E-state index is 14.8. The third kappa shape index (κ3) is 4.84. The molecule has 0 aromatic heterocycles. The number of amides is 3. The molecular formula is C34H29BrN2O4. The number of benzene rings is 4. The van der Waals surface area contributed by atoms with Gasteiger partial charge < -0.3 is 9.64 Å². The topological polar surface area (TPSA) is 66.9 Å². The first kappa shape index (κ1) is 27.0. The van der Waals surface area contributed by atoms with Crippen molar-refractivity contribution < 1.29 is 19.1 Å². The number of likely N-dealkylation sites (tertiary alicyclic amines) is 1. The van der Waals surface area contributed by atoms with E-state index in [1.165, 1.54) is 4.90 Å². The van der Waals surface area contributed by atoms with E-state index in [0.29, 0.717) is 18.7 Å². The van der Waals surface area contributed by atoms with Crippen molar-refractivity contribution in [1.29, 1.82) is 0 Å². The van der Waals surface area contributed by atoms with Gasteiger partial charge in [0.15, 0.2) is 0 Å². The number of halogens is 1. The molecule has 1 saturated heterocycles. The molecule has 0 aliphatic carbocycles. The molecule has 4 aromatic rings. The number of carbonyl (C=O) groups excluding carboxylic acids is 3. The minimum atomic E-state index is -1.23. The number of anilines is 1. The number of ether oxygens (including phenoxy) is 1. The average Bonchev–Trinajstić information content (AvgIpc) is 3.40. The molecule has 206 valence electrons. The summed E-state index contributed by atoms with van der Waals surface area (Å²) < 4.78 is 6.09. The van der Waals surface area contributed by atoms with Crippen molar-refractivity contribution in [3.05, 3.63) is 130 Å². The Bertz CT molecular complexity index is 1610. The molecule has 41 heavy (non-hydrogen) atoms. The van der Waals surface area contributed by atoms with Crippen LogP contribution in [0.15, 0.2) is 108 Å². The Morgan fingerprint density at radius 1 is 0.780 bits per heavy atom. The molecule has 6 rings (SSSR count). The van der Waals surface area contributed by atoms with Gasteiger partial charge in [0.2, 0.25) is 17.7 Å². The van der Waals surface area contributed by atoms with Crippen molar-refractivity contribution in [2.24, 2.45) is 5.92 Å². The number of nitrogens with zero attached hydrogens (tertiary/aromatic N) is 2. The van der Waals surface area contributed by atoms with Crippen molar-refractivity contribution >= 4 is 39.3 Å². The van der Waals surface area contributed by atoms with Crippen LogP contribution in [0.3, 0.4) is 0 Å². The highest BCUT2D eigenvalue weighted by Crippen LogP contribution is 2.52. The summed E-state index contributed by atoms with van der Waals surface area (Å²) in [6.45, 7) is 0.513. The zero-order valence-electron chi connectivity index (χ0n) is 22.6. The minimum absolute atomic E-state index is 0.0256. The smallest absolute Gasteiger partial charge is 0.239 e. The number of hydrogen-bond acceptors (Lipinski definition) is 4. The normalized spacial score (nSPS) is 20.0. The molecule has 1 fully saturated rings. The van der Waals surface area contributed by atoms with E-state index in [1.54, 1.807) is 12.0 Å². The molecule has 0 spiro atoms. The third-order valence-electron chi connectivity index (χ3n) is 8.21. The fourth-order valence-electron chi connectivity index (χ4n) is 6.19. The molecule has 2 heterocycles.